The molecule has 0 saturated heterocycles. The maximum absolute atomic E-state index is 11.4. The molecule has 5 nitrogen and oxygen atoms in total. The van der Waals surface area contributed by atoms with Gasteiger partial charge in [-0.25, -0.2) is 9.59 Å². The largest absolute Gasteiger partial charge is 0.464 e. The van der Waals surface area contributed by atoms with E-state index in [4.69, 9.17) is 10.5 Å². The molecule has 0 fully saturated rings. The van der Waals surface area contributed by atoms with Gasteiger partial charge in [-0.3, -0.25) is 0 Å². The molecule has 15 heavy (non-hydrogen) atoms. The van der Waals surface area contributed by atoms with E-state index in [1.165, 1.54) is 0 Å². The van der Waals surface area contributed by atoms with Crippen LogP contribution in [0.2, 0.25) is 0 Å². The lowest BCUT2D eigenvalue weighted by atomic mass is 10.2. The Morgan fingerprint density at radius 1 is 1.53 bits per heavy atom. The van der Waals surface area contributed by atoms with Crippen LogP contribution >= 0.6 is 11.8 Å². The highest BCUT2D eigenvalue weighted by Gasteiger charge is 2.20. The van der Waals surface area contributed by atoms with Crippen LogP contribution in [0.15, 0.2) is 0 Å². The predicted molar refractivity (Wildman–Crippen MR) is 60.8 cm³/mol. The number of rotatable bonds is 7. The summed E-state index contributed by atoms with van der Waals surface area (Å²) in [6, 6.07) is -1.32. The van der Waals surface area contributed by atoms with Gasteiger partial charge in [0.2, 0.25) is 0 Å². The van der Waals surface area contributed by atoms with Crippen LogP contribution in [0.5, 0.6) is 0 Å². The first-order valence-electron chi connectivity index (χ1n) is 4.83. The highest BCUT2D eigenvalue weighted by Crippen LogP contribution is 2.02. The van der Waals surface area contributed by atoms with Crippen LogP contribution in [0.4, 0.5) is 4.79 Å². The number of hydrogen-bond donors (Lipinski definition) is 2. The molecule has 6 heteroatoms. The van der Waals surface area contributed by atoms with Crippen molar-refractivity contribution in [3.63, 3.8) is 0 Å². The minimum Gasteiger partial charge on any atom is -0.464 e. The molecule has 0 aromatic carbocycles. The Hall–Kier alpha value is -0.910. The van der Waals surface area contributed by atoms with E-state index in [0.29, 0.717) is 13.0 Å². The number of ether oxygens (including phenoxy) is 1. The van der Waals surface area contributed by atoms with Crippen molar-refractivity contribution in [3.05, 3.63) is 0 Å². The van der Waals surface area contributed by atoms with Crippen molar-refractivity contribution in [3.8, 4) is 0 Å². The van der Waals surface area contributed by atoms with Gasteiger partial charge in [-0.2, -0.15) is 11.8 Å². The molecule has 1 atom stereocenters. The molecule has 0 bridgehead atoms. The number of amides is 2. The zero-order valence-electron chi connectivity index (χ0n) is 9.12. The molecular formula is C9H18N2O3S. The van der Waals surface area contributed by atoms with Crippen LogP contribution in [0.3, 0.4) is 0 Å². The molecule has 88 valence electrons. The lowest BCUT2D eigenvalue weighted by molar-refractivity contribution is -0.145. The van der Waals surface area contributed by atoms with Crippen molar-refractivity contribution < 1.29 is 14.3 Å². The summed E-state index contributed by atoms with van der Waals surface area (Å²) >= 11 is 1.60. The van der Waals surface area contributed by atoms with Gasteiger partial charge in [0.05, 0.1) is 6.61 Å². The van der Waals surface area contributed by atoms with E-state index in [9.17, 15) is 9.59 Å². The number of nitrogens with two attached hydrogens (primary N) is 1. The normalized spacial score (nSPS) is 11.9. The second-order valence-electron chi connectivity index (χ2n) is 3.01. The zero-order valence-corrected chi connectivity index (χ0v) is 9.93. The fourth-order valence-electron chi connectivity index (χ4n) is 0.960. The smallest absolute Gasteiger partial charge is 0.328 e. The Bertz CT molecular complexity index is 212. The summed E-state index contributed by atoms with van der Waals surface area (Å²) in [4.78, 5) is 22.1. The number of carbonyl (C=O) groups excluding carboxylic acids is 2. The third-order valence-corrected chi connectivity index (χ3v) is 2.30. The maximum atomic E-state index is 11.4. The van der Waals surface area contributed by atoms with E-state index in [1.54, 1.807) is 11.8 Å². The number of primary amides is 1. The average Bonchev–Trinajstić information content (AvgIpc) is 2.20. The Morgan fingerprint density at radius 2 is 2.20 bits per heavy atom. The van der Waals surface area contributed by atoms with Crippen molar-refractivity contribution in [1.29, 1.82) is 0 Å². The molecular weight excluding hydrogens is 216 g/mol. The molecule has 0 aromatic rings. The number of nitrogens with one attached hydrogen (secondary N) is 1. The summed E-state index contributed by atoms with van der Waals surface area (Å²) in [5, 5.41) is 2.37. The highest BCUT2D eigenvalue weighted by molar-refractivity contribution is 7.98. The van der Waals surface area contributed by atoms with E-state index >= 15 is 0 Å². The van der Waals surface area contributed by atoms with Gasteiger partial charge in [0.15, 0.2) is 0 Å². The Kier molecular flexibility index (Phi) is 7.89. The van der Waals surface area contributed by atoms with Crippen LogP contribution in [-0.4, -0.2) is 36.7 Å². The first-order chi connectivity index (χ1) is 7.11. The average molecular weight is 234 g/mol. The summed E-state index contributed by atoms with van der Waals surface area (Å²) in [7, 11) is 0. The molecule has 1 unspecified atom stereocenters. The van der Waals surface area contributed by atoms with Gasteiger partial charge in [0.1, 0.15) is 6.04 Å². The topological polar surface area (TPSA) is 81.4 Å². The molecule has 0 rings (SSSR count). The van der Waals surface area contributed by atoms with Crippen LogP contribution in [0, 0.1) is 0 Å². The number of hydrogen-bond acceptors (Lipinski definition) is 4. The highest BCUT2D eigenvalue weighted by atomic mass is 32.2. The van der Waals surface area contributed by atoms with Gasteiger partial charge in [-0.05, 0) is 24.9 Å². The molecule has 0 aliphatic rings. The number of esters is 1. The second kappa shape index (κ2) is 8.40. The van der Waals surface area contributed by atoms with Gasteiger partial charge in [-0.15, -0.1) is 0 Å². The maximum Gasteiger partial charge on any atom is 0.328 e. The van der Waals surface area contributed by atoms with Crippen molar-refractivity contribution in [2.75, 3.05) is 18.6 Å². The van der Waals surface area contributed by atoms with Crippen molar-refractivity contribution in [2.24, 2.45) is 5.73 Å². The molecule has 0 heterocycles. The summed E-state index contributed by atoms with van der Waals surface area (Å²) in [5.41, 5.74) is 4.97. The van der Waals surface area contributed by atoms with Crippen molar-refractivity contribution >= 4 is 23.8 Å². The van der Waals surface area contributed by atoms with Gasteiger partial charge in [0.25, 0.3) is 0 Å². The van der Waals surface area contributed by atoms with E-state index in [1.807, 2.05) is 13.2 Å². The van der Waals surface area contributed by atoms with E-state index in [-0.39, 0.29) is 0 Å². The lowest BCUT2D eigenvalue weighted by Gasteiger charge is -2.15. The van der Waals surface area contributed by atoms with Crippen LogP contribution < -0.4 is 11.1 Å². The zero-order chi connectivity index (χ0) is 11.7. The summed E-state index contributed by atoms with van der Waals surface area (Å²) in [6.07, 6.45) is 3.23. The monoisotopic (exact) mass is 234 g/mol. The first kappa shape index (κ1) is 14.1. The predicted octanol–water partition coefficient (Wildman–Crippen LogP) is 0.730. The Morgan fingerprint density at radius 3 is 2.67 bits per heavy atom. The number of urea groups is 1. The molecule has 0 aliphatic carbocycles. The molecule has 0 aromatic heterocycles. The standard InChI is InChI=1S/C9H18N2O3S/c1-3-5-14-8(12)7(4-6-15-2)11-9(10)13/h7H,3-6H2,1-2H3,(H3,10,11,13). The fraction of sp³-hybridized carbons (Fsp3) is 0.778. The minimum atomic E-state index is -0.699. The van der Waals surface area contributed by atoms with Gasteiger partial charge in [0, 0.05) is 0 Å². The SMILES string of the molecule is CCCOC(=O)C(CCSC)NC(N)=O. The molecule has 0 spiro atoms. The van der Waals surface area contributed by atoms with Crippen molar-refractivity contribution in [2.45, 2.75) is 25.8 Å². The van der Waals surface area contributed by atoms with E-state index < -0.39 is 18.0 Å². The van der Waals surface area contributed by atoms with Crippen LogP contribution in [0.1, 0.15) is 19.8 Å². The third kappa shape index (κ3) is 7.07. The van der Waals surface area contributed by atoms with Crippen LogP contribution in [0.25, 0.3) is 0 Å². The molecule has 0 radical (unpaired) electrons. The molecule has 3 N–H and O–H groups in total. The minimum absolute atomic E-state index is 0.370. The second-order valence-corrected chi connectivity index (χ2v) is 4.00. The quantitative estimate of drug-likeness (QED) is 0.636. The van der Waals surface area contributed by atoms with Crippen molar-refractivity contribution in [1.82, 2.24) is 5.32 Å². The van der Waals surface area contributed by atoms with Crippen LogP contribution in [-0.2, 0) is 9.53 Å². The number of carbonyl (C=O) groups is 2. The van der Waals surface area contributed by atoms with Gasteiger partial charge < -0.3 is 15.8 Å². The van der Waals surface area contributed by atoms with E-state index in [0.717, 1.165) is 12.2 Å². The first-order valence-corrected chi connectivity index (χ1v) is 6.22. The Labute approximate surface area is 94.1 Å². The summed E-state index contributed by atoms with van der Waals surface area (Å²) < 4.78 is 4.93. The molecule has 0 aliphatic heterocycles. The van der Waals surface area contributed by atoms with E-state index in [2.05, 4.69) is 5.32 Å². The molecule has 0 saturated carbocycles. The molecule has 2 amide bonds. The third-order valence-electron chi connectivity index (χ3n) is 1.66. The van der Waals surface area contributed by atoms with Gasteiger partial charge >= 0.3 is 12.0 Å². The summed E-state index contributed by atoms with van der Waals surface area (Å²) in [5.74, 6) is 0.358. The number of thioether (sulfide) groups is 1. The summed E-state index contributed by atoms with van der Waals surface area (Å²) in [6.45, 7) is 2.28. The fourth-order valence-corrected chi connectivity index (χ4v) is 1.43. The lowest BCUT2D eigenvalue weighted by Crippen LogP contribution is -2.44. The van der Waals surface area contributed by atoms with Gasteiger partial charge in [-0.1, -0.05) is 6.92 Å². The Balaban J connectivity index is 4.07.